The minimum atomic E-state index is -3.78. The number of nitrogens with two attached hydrogens (primary N) is 1. The molecule has 1 aromatic heterocycles. The van der Waals surface area contributed by atoms with Crippen molar-refractivity contribution >= 4 is 21.9 Å². The molecule has 0 saturated heterocycles. The molecule has 0 aliphatic heterocycles. The fourth-order valence-electron chi connectivity index (χ4n) is 2.47. The summed E-state index contributed by atoms with van der Waals surface area (Å²) in [5.74, 6) is -1.51. The first-order valence-corrected chi connectivity index (χ1v) is 10.2. The van der Waals surface area contributed by atoms with Gasteiger partial charge in [0, 0.05) is 12.1 Å². The highest BCUT2D eigenvalue weighted by molar-refractivity contribution is 7.89. The molecule has 0 radical (unpaired) electrons. The zero-order chi connectivity index (χ0) is 21.7. The fourth-order valence-corrected chi connectivity index (χ4v) is 2.98. The Morgan fingerprint density at radius 3 is 2.30 bits per heavy atom. The average molecular weight is 432 g/mol. The number of carbonyl (C=O) groups is 2. The molecule has 0 aliphatic rings. The molecule has 30 heavy (non-hydrogen) atoms. The molecule has 10 heteroatoms. The van der Waals surface area contributed by atoms with Gasteiger partial charge in [0.15, 0.2) is 6.61 Å². The van der Waals surface area contributed by atoms with Crippen LogP contribution in [0, 0.1) is 5.82 Å². The monoisotopic (exact) mass is 432 g/mol. The number of hydrogen-bond donors (Lipinski definition) is 2. The van der Waals surface area contributed by atoms with Crippen LogP contribution in [0.25, 0.3) is 11.3 Å². The summed E-state index contributed by atoms with van der Waals surface area (Å²) in [6.07, 6.45) is 0. The SMILES string of the molecule is NS(=O)(=O)c1ccc(CNC(=O)COC(=O)c2ccc(-c3ccc(F)cc3)o2)cc1. The van der Waals surface area contributed by atoms with Crippen LogP contribution >= 0.6 is 0 Å². The molecule has 1 heterocycles. The van der Waals surface area contributed by atoms with Crippen LogP contribution in [-0.2, 0) is 26.1 Å². The molecule has 3 rings (SSSR count). The minimum absolute atomic E-state index is 0.0371. The second-order valence-corrected chi connectivity index (χ2v) is 7.77. The summed E-state index contributed by atoms with van der Waals surface area (Å²) in [6, 6.07) is 14.1. The first kappa shape index (κ1) is 21.2. The van der Waals surface area contributed by atoms with Crippen molar-refractivity contribution in [1.29, 1.82) is 0 Å². The van der Waals surface area contributed by atoms with Crippen LogP contribution in [0.3, 0.4) is 0 Å². The smallest absolute Gasteiger partial charge is 0.374 e. The molecule has 0 fully saturated rings. The largest absolute Gasteiger partial charge is 0.450 e. The number of benzene rings is 2. The molecule has 8 nitrogen and oxygen atoms in total. The highest BCUT2D eigenvalue weighted by Crippen LogP contribution is 2.22. The maximum absolute atomic E-state index is 13.0. The lowest BCUT2D eigenvalue weighted by Gasteiger charge is -2.06. The highest BCUT2D eigenvalue weighted by atomic mass is 32.2. The van der Waals surface area contributed by atoms with E-state index in [1.807, 2.05) is 0 Å². The Hall–Kier alpha value is -3.50. The van der Waals surface area contributed by atoms with Crippen LogP contribution in [0.15, 0.2) is 70.0 Å². The van der Waals surface area contributed by atoms with Crippen molar-refractivity contribution < 1.29 is 31.6 Å². The van der Waals surface area contributed by atoms with E-state index in [0.29, 0.717) is 16.9 Å². The van der Waals surface area contributed by atoms with Gasteiger partial charge in [-0.15, -0.1) is 0 Å². The van der Waals surface area contributed by atoms with Gasteiger partial charge in [-0.2, -0.15) is 0 Å². The summed E-state index contributed by atoms with van der Waals surface area (Å²) < 4.78 is 45.7. The van der Waals surface area contributed by atoms with E-state index in [2.05, 4.69) is 5.32 Å². The third-order valence-electron chi connectivity index (χ3n) is 4.01. The van der Waals surface area contributed by atoms with E-state index in [1.165, 1.54) is 60.7 Å². The van der Waals surface area contributed by atoms with Crippen molar-refractivity contribution in [3.05, 3.63) is 77.8 Å². The van der Waals surface area contributed by atoms with Crippen LogP contribution in [-0.4, -0.2) is 26.9 Å². The van der Waals surface area contributed by atoms with Crippen molar-refractivity contribution in [2.45, 2.75) is 11.4 Å². The molecule has 0 bridgehead atoms. The number of ether oxygens (including phenoxy) is 1. The Morgan fingerprint density at radius 1 is 1.00 bits per heavy atom. The average Bonchev–Trinajstić information content (AvgIpc) is 3.21. The van der Waals surface area contributed by atoms with E-state index >= 15 is 0 Å². The van der Waals surface area contributed by atoms with E-state index in [0.717, 1.165) is 0 Å². The number of hydrogen-bond acceptors (Lipinski definition) is 6. The summed E-state index contributed by atoms with van der Waals surface area (Å²) in [7, 11) is -3.78. The van der Waals surface area contributed by atoms with Crippen LogP contribution < -0.4 is 10.5 Å². The first-order chi connectivity index (χ1) is 14.2. The Labute approximate surface area is 171 Å². The van der Waals surface area contributed by atoms with Crippen LogP contribution in [0.5, 0.6) is 0 Å². The predicted molar refractivity (Wildman–Crippen MR) is 104 cm³/mol. The predicted octanol–water partition coefficient (Wildman–Crippen LogP) is 2.21. The lowest BCUT2D eigenvalue weighted by molar-refractivity contribution is -0.124. The van der Waals surface area contributed by atoms with Gasteiger partial charge in [0.1, 0.15) is 11.6 Å². The molecule has 1 amide bonds. The van der Waals surface area contributed by atoms with E-state index in [9.17, 15) is 22.4 Å². The molecule has 2 aromatic carbocycles. The summed E-state index contributed by atoms with van der Waals surface area (Å²) in [5.41, 5.74) is 1.22. The van der Waals surface area contributed by atoms with Crippen molar-refractivity contribution in [2.75, 3.05) is 6.61 Å². The first-order valence-electron chi connectivity index (χ1n) is 8.64. The molecular weight excluding hydrogens is 415 g/mol. The molecule has 0 unspecified atom stereocenters. The molecule has 3 N–H and O–H groups in total. The molecule has 0 atom stereocenters. The number of carbonyl (C=O) groups excluding carboxylic acids is 2. The van der Waals surface area contributed by atoms with Crippen molar-refractivity contribution in [1.82, 2.24) is 5.32 Å². The Kier molecular flexibility index (Phi) is 6.28. The van der Waals surface area contributed by atoms with Gasteiger partial charge >= 0.3 is 5.97 Å². The number of esters is 1. The van der Waals surface area contributed by atoms with Crippen molar-refractivity contribution in [2.24, 2.45) is 5.14 Å². The highest BCUT2D eigenvalue weighted by Gasteiger charge is 2.15. The van der Waals surface area contributed by atoms with Crippen LogP contribution in [0.1, 0.15) is 16.1 Å². The summed E-state index contributed by atoms with van der Waals surface area (Å²) >= 11 is 0. The van der Waals surface area contributed by atoms with Gasteiger partial charge in [-0.3, -0.25) is 4.79 Å². The van der Waals surface area contributed by atoms with Crippen LogP contribution in [0.2, 0.25) is 0 Å². The van der Waals surface area contributed by atoms with Gasteiger partial charge in [-0.05, 0) is 54.1 Å². The zero-order valence-corrected chi connectivity index (χ0v) is 16.3. The number of amides is 1. The van der Waals surface area contributed by atoms with Crippen LogP contribution in [0.4, 0.5) is 4.39 Å². The molecule has 3 aromatic rings. The topological polar surface area (TPSA) is 129 Å². The summed E-state index contributed by atoms with van der Waals surface area (Å²) in [4.78, 5) is 23.9. The van der Waals surface area contributed by atoms with E-state index < -0.39 is 34.3 Å². The molecular formula is C20H17FN2O6S. The zero-order valence-electron chi connectivity index (χ0n) is 15.5. The Bertz CT molecular complexity index is 1150. The van der Waals surface area contributed by atoms with Gasteiger partial charge in [0.25, 0.3) is 5.91 Å². The van der Waals surface area contributed by atoms with E-state index in [1.54, 1.807) is 0 Å². The number of halogens is 1. The summed E-state index contributed by atoms with van der Waals surface area (Å²) in [5, 5.41) is 7.55. The summed E-state index contributed by atoms with van der Waals surface area (Å²) in [6.45, 7) is -0.419. The second-order valence-electron chi connectivity index (χ2n) is 6.21. The third kappa shape index (κ3) is 5.52. The fraction of sp³-hybridized carbons (Fsp3) is 0.100. The van der Waals surface area contributed by atoms with Gasteiger partial charge in [-0.1, -0.05) is 12.1 Å². The maximum atomic E-state index is 13.0. The third-order valence-corrected chi connectivity index (χ3v) is 4.94. The molecule has 0 saturated carbocycles. The number of rotatable bonds is 7. The maximum Gasteiger partial charge on any atom is 0.374 e. The lowest BCUT2D eigenvalue weighted by Crippen LogP contribution is -2.28. The second kappa shape index (κ2) is 8.89. The Balaban J connectivity index is 1.49. The Morgan fingerprint density at radius 2 is 1.67 bits per heavy atom. The molecule has 0 aliphatic carbocycles. The number of primary sulfonamides is 1. The van der Waals surface area contributed by atoms with E-state index in [-0.39, 0.29) is 17.2 Å². The van der Waals surface area contributed by atoms with Gasteiger partial charge in [0.05, 0.1) is 4.90 Å². The van der Waals surface area contributed by atoms with Gasteiger partial charge in [-0.25, -0.2) is 22.7 Å². The van der Waals surface area contributed by atoms with Gasteiger partial charge in [0.2, 0.25) is 15.8 Å². The molecule has 156 valence electrons. The van der Waals surface area contributed by atoms with E-state index in [4.69, 9.17) is 14.3 Å². The standard InChI is InChI=1S/C20H17FN2O6S/c21-15-5-3-14(4-6-15)17-9-10-18(29-17)20(25)28-12-19(24)23-11-13-1-7-16(8-2-13)30(22,26)27/h1-10H,11-12H2,(H,23,24)(H2,22,26,27). The minimum Gasteiger partial charge on any atom is -0.450 e. The lowest BCUT2D eigenvalue weighted by atomic mass is 10.2. The number of nitrogens with one attached hydrogen (secondary N) is 1. The normalized spacial score (nSPS) is 11.1. The number of sulfonamides is 1. The van der Waals surface area contributed by atoms with Crippen molar-refractivity contribution in [3.8, 4) is 11.3 Å². The number of furan rings is 1. The molecule has 0 spiro atoms. The van der Waals surface area contributed by atoms with Crippen molar-refractivity contribution in [3.63, 3.8) is 0 Å². The van der Waals surface area contributed by atoms with Gasteiger partial charge < -0.3 is 14.5 Å². The quantitative estimate of drug-likeness (QED) is 0.551.